The number of para-hydroxylation sites is 2. The minimum Gasteiger partial charge on any atom is -0.493 e. The van der Waals surface area contributed by atoms with E-state index in [4.69, 9.17) is 18.9 Å². The highest BCUT2D eigenvalue weighted by Crippen LogP contribution is 2.33. The van der Waals surface area contributed by atoms with Crippen molar-refractivity contribution in [3.63, 3.8) is 0 Å². The summed E-state index contributed by atoms with van der Waals surface area (Å²) in [5.41, 5.74) is 0.286. The number of carbonyl (C=O) groups excluding carboxylic acids is 1. The second-order valence-corrected chi connectivity index (χ2v) is 8.88. The average molecular weight is 451 g/mol. The Morgan fingerprint density at radius 3 is 2.48 bits per heavy atom. The highest BCUT2D eigenvalue weighted by Gasteiger charge is 2.31. The van der Waals surface area contributed by atoms with E-state index < -0.39 is 22.0 Å². The molecule has 9 nitrogen and oxygen atoms in total. The maximum absolute atomic E-state index is 12.8. The van der Waals surface area contributed by atoms with E-state index in [-0.39, 0.29) is 24.9 Å². The molecule has 0 aromatic heterocycles. The number of amides is 1. The van der Waals surface area contributed by atoms with Crippen molar-refractivity contribution in [3.8, 4) is 23.0 Å². The normalized spacial score (nSPS) is 16.2. The Labute approximate surface area is 181 Å². The zero-order valence-electron chi connectivity index (χ0n) is 17.8. The first kappa shape index (κ1) is 22.5. The van der Waals surface area contributed by atoms with E-state index in [1.807, 2.05) is 12.1 Å². The molecule has 1 aliphatic heterocycles. The maximum atomic E-state index is 12.8. The molecule has 0 saturated carbocycles. The van der Waals surface area contributed by atoms with E-state index in [0.717, 1.165) is 10.6 Å². The number of nitrogens with zero attached hydrogens (tertiary/aromatic N) is 1. The number of hydrogen-bond donors (Lipinski definition) is 1. The van der Waals surface area contributed by atoms with Crippen molar-refractivity contribution in [1.29, 1.82) is 0 Å². The van der Waals surface area contributed by atoms with Gasteiger partial charge in [0.1, 0.15) is 18.8 Å². The number of rotatable bonds is 8. The zero-order chi connectivity index (χ0) is 22.6. The Bertz CT molecular complexity index is 1040. The number of anilines is 1. The minimum absolute atomic E-state index is 0.168. The molecular weight excluding hydrogens is 424 g/mol. The summed E-state index contributed by atoms with van der Waals surface area (Å²) in [4.78, 5) is 12.8. The Morgan fingerprint density at radius 1 is 1.16 bits per heavy atom. The predicted molar refractivity (Wildman–Crippen MR) is 116 cm³/mol. The van der Waals surface area contributed by atoms with Crippen LogP contribution in [0.1, 0.15) is 6.92 Å². The number of carbonyl (C=O) groups is 1. The fraction of sp³-hybridized carbons (Fsp3) is 0.381. The summed E-state index contributed by atoms with van der Waals surface area (Å²) >= 11 is 0. The fourth-order valence-electron chi connectivity index (χ4n) is 3.30. The molecule has 31 heavy (non-hydrogen) atoms. The van der Waals surface area contributed by atoms with E-state index >= 15 is 0 Å². The third-order valence-corrected chi connectivity index (χ3v) is 6.02. The van der Waals surface area contributed by atoms with Crippen molar-refractivity contribution in [3.05, 3.63) is 42.5 Å². The Hall–Kier alpha value is -3.14. The van der Waals surface area contributed by atoms with Crippen LogP contribution < -0.4 is 28.6 Å². The fourth-order valence-corrected chi connectivity index (χ4v) is 4.46. The van der Waals surface area contributed by atoms with Gasteiger partial charge in [0.2, 0.25) is 15.9 Å². The van der Waals surface area contributed by atoms with Gasteiger partial charge in [-0.25, -0.2) is 8.42 Å². The van der Waals surface area contributed by atoms with Crippen molar-refractivity contribution in [2.24, 2.45) is 0 Å². The van der Waals surface area contributed by atoms with Crippen LogP contribution in [0.3, 0.4) is 0 Å². The van der Waals surface area contributed by atoms with Gasteiger partial charge in [-0.15, -0.1) is 0 Å². The van der Waals surface area contributed by atoms with Gasteiger partial charge < -0.3 is 24.3 Å². The van der Waals surface area contributed by atoms with Crippen LogP contribution in [0, 0.1) is 0 Å². The first-order chi connectivity index (χ1) is 14.7. The molecule has 0 saturated heterocycles. The number of ether oxygens (including phenoxy) is 4. The number of hydrogen-bond acceptors (Lipinski definition) is 7. The van der Waals surface area contributed by atoms with Crippen LogP contribution in [0.25, 0.3) is 0 Å². The molecule has 0 spiro atoms. The molecule has 0 aliphatic carbocycles. The van der Waals surface area contributed by atoms with E-state index in [9.17, 15) is 13.2 Å². The molecular formula is C21H26N2O7S. The molecule has 2 aromatic carbocycles. The summed E-state index contributed by atoms with van der Waals surface area (Å²) in [7, 11) is -0.835. The molecule has 1 N–H and O–H groups in total. The van der Waals surface area contributed by atoms with Gasteiger partial charge in [-0.05, 0) is 31.2 Å². The number of fused-ring (bicyclic) bond motifs is 1. The van der Waals surface area contributed by atoms with Gasteiger partial charge in [-0.1, -0.05) is 12.1 Å². The van der Waals surface area contributed by atoms with Crippen LogP contribution in [0.2, 0.25) is 0 Å². The number of sulfonamides is 1. The molecule has 10 heteroatoms. The molecule has 1 heterocycles. The zero-order valence-corrected chi connectivity index (χ0v) is 18.6. The molecule has 3 rings (SSSR count). The van der Waals surface area contributed by atoms with Gasteiger partial charge in [-0.2, -0.15) is 0 Å². The third kappa shape index (κ3) is 5.13. The summed E-state index contributed by atoms with van der Waals surface area (Å²) in [6.07, 6.45) is 0.654. The van der Waals surface area contributed by atoms with Crippen molar-refractivity contribution >= 4 is 21.6 Å². The highest BCUT2D eigenvalue weighted by atomic mass is 32.2. The molecule has 0 fully saturated rings. The lowest BCUT2D eigenvalue weighted by Crippen LogP contribution is -2.50. The third-order valence-electron chi connectivity index (χ3n) is 4.78. The Balaban J connectivity index is 1.72. The smallest absolute Gasteiger partial charge is 0.243 e. The monoisotopic (exact) mass is 450 g/mol. The quantitative estimate of drug-likeness (QED) is 0.654. The summed E-state index contributed by atoms with van der Waals surface area (Å²) in [6, 6.07) is 10.9. The Morgan fingerprint density at radius 2 is 1.84 bits per heavy atom. The molecule has 2 aromatic rings. The summed E-state index contributed by atoms with van der Waals surface area (Å²) < 4.78 is 48.0. The lowest BCUT2D eigenvalue weighted by atomic mass is 10.2. The van der Waals surface area contributed by atoms with Gasteiger partial charge in [0, 0.05) is 6.07 Å². The van der Waals surface area contributed by atoms with Gasteiger partial charge in [0.05, 0.1) is 32.7 Å². The first-order valence-electron chi connectivity index (χ1n) is 9.62. The van der Waals surface area contributed by atoms with Crippen molar-refractivity contribution < 1.29 is 32.2 Å². The van der Waals surface area contributed by atoms with E-state index in [0.29, 0.717) is 23.0 Å². The number of methoxy groups -OCH3 is 2. The molecule has 1 amide bonds. The standard InChI is InChI=1S/C21H26N2O7S/c1-14(21(24)22-12-16-13-29-18-7-5-6-8-19(18)30-16)23(31(4,25)26)15-9-10-17(27-2)20(11-15)28-3/h5-11,14,16H,12-13H2,1-4H3,(H,22,24)/t14-,16-/m0/s1. The molecule has 0 bridgehead atoms. The van der Waals surface area contributed by atoms with Gasteiger partial charge in [0.25, 0.3) is 0 Å². The summed E-state index contributed by atoms with van der Waals surface area (Å²) in [6.45, 7) is 1.96. The van der Waals surface area contributed by atoms with Crippen LogP contribution in [0.15, 0.2) is 42.5 Å². The molecule has 0 radical (unpaired) electrons. The second-order valence-electron chi connectivity index (χ2n) is 7.02. The van der Waals surface area contributed by atoms with Gasteiger partial charge >= 0.3 is 0 Å². The van der Waals surface area contributed by atoms with Crippen LogP contribution in [0.4, 0.5) is 5.69 Å². The van der Waals surface area contributed by atoms with Crippen molar-refractivity contribution in [1.82, 2.24) is 5.32 Å². The second kappa shape index (κ2) is 9.34. The molecule has 0 unspecified atom stereocenters. The van der Waals surface area contributed by atoms with Crippen molar-refractivity contribution in [2.75, 3.05) is 37.9 Å². The van der Waals surface area contributed by atoms with Crippen LogP contribution in [-0.4, -0.2) is 60.1 Å². The van der Waals surface area contributed by atoms with E-state index in [1.165, 1.54) is 27.2 Å². The number of nitrogens with one attached hydrogen (secondary N) is 1. The van der Waals surface area contributed by atoms with Crippen LogP contribution >= 0.6 is 0 Å². The largest absolute Gasteiger partial charge is 0.493 e. The summed E-state index contributed by atoms with van der Waals surface area (Å²) in [5.74, 6) is 1.58. The van der Waals surface area contributed by atoms with Gasteiger partial charge in [0.15, 0.2) is 23.0 Å². The highest BCUT2D eigenvalue weighted by molar-refractivity contribution is 7.92. The predicted octanol–water partition coefficient (Wildman–Crippen LogP) is 1.81. The Kier molecular flexibility index (Phi) is 6.79. The lowest BCUT2D eigenvalue weighted by Gasteiger charge is -2.30. The molecule has 2 atom stereocenters. The minimum atomic E-state index is -3.77. The van der Waals surface area contributed by atoms with Crippen LogP contribution in [0.5, 0.6) is 23.0 Å². The lowest BCUT2D eigenvalue weighted by molar-refractivity contribution is -0.122. The number of benzene rings is 2. The maximum Gasteiger partial charge on any atom is 0.243 e. The van der Waals surface area contributed by atoms with Gasteiger partial charge in [-0.3, -0.25) is 9.10 Å². The average Bonchev–Trinajstić information content (AvgIpc) is 2.76. The first-order valence-corrected chi connectivity index (χ1v) is 11.5. The van der Waals surface area contributed by atoms with E-state index in [1.54, 1.807) is 24.3 Å². The molecule has 168 valence electrons. The molecule has 1 aliphatic rings. The van der Waals surface area contributed by atoms with E-state index in [2.05, 4.69) is 5.32 Å². The van der Waals surface area contributed by atoms with Crippen LogP contribution in [-0.2, 0) is 14.8 Å². The SMILES string of the molecule is COc1ccc(N([C@@H](C)C(=O)NC[C@H]2COc3ccccc3O2)S(C)(=O)=O)cc1OC. The topological polar surface area (TPSA) is 103 Å². The van der Waals surface area contributed by atoms with Crippen molar-refractivity contribution in [2.45, 2.75) is 19.1 Å². The summed E-state index contributed by atoms with van der Waals surface area (Å²) in [5, 5.41) is 2.75.